The van der Waals surface area contributed by atoms with Crippen molar-refractivity contribution in [2.75, 3.05) is 13.1 Å². The third kappa shape index (κ3) is 1.91. The van der Waals surface area contributed by atoms with Crippen LogP contribution >= 0.6 is 0 Å². The van der Waals surface area contributed by atoms with Gasteiger partial charge in [0.05, 0.1) is 6.10 Å². The Kier molecular flexibility index (Phi) is 2.42. The third-order valence-electron chi connectivity index (χ3n) is 1.63. The number of aliphatic hydroxyl groups excluding tert-OH is 1. The predicted molar refractivity (Wildman–Crippen MR) is 33.0 cm³/mol. The average molecular weight is 133 g/mol. The van der Waals surface area contributed by atoms with Crippen LogP contribution in [0, 0.1) is 0 Å². The van der Waals surface area contributed by atoms with Crippen LogP contribution in [0.15, 0.2) is 0 Å². The number of rotatable bonds is 0. The summed E-state index contributed by atoms with van der Waals surface area (Å²) in [5, 5.41) is 12.0. The molecule has 2 nitrogen and oxygen atoms in total. The van der Waals surface area contributed by atoms with Crippen LogP contribution in [0.1, 0.15) is 12.8 Å². The summed E-state index contributed by atoms with van der Waals surface area (Å²) in [5.74, 6) is 0. The lowest BCUT2D eigenvalue weighted by Crippen LogP contribution is -2.20. The quantitative estimate of drug-likeness (QED) is 0.490. The molecule has 2 N–H and O–H groups in total. The molecule has 1 saturated heterocycles. The summed E-state index contributed by atoms with van der Waals surface area (Å²) in [4.78, 5) is 0. The van der Waals surface area contributed by atoms with E-state index in [0.717, 1.165) is 6.54 Å². The lowest BCUT2D eigenvalue weighted by atomic mass is 10.1. The molecular weight excluding hydrogens is 121 g/mol. The molecule has 9 heavy (non-hydrogen) atoms. The predicted octanol–water partition coefficient (Wildman–Crippen LogP) is 0.0688. The number of aliphatic hydroxyl groups is 1. The molecule has 2 atom stereocenters. The smallest absolute Gasteiger partial charge is 0.127 e. The van der Waals surface area contributed by atoms with Crippen LogP contribution < -0.4 is 5.32 Å². The molecule has 0 saturated carbocycles. The topological polar surface area (TPSA) is 32.3 Å². The van der Waals surface area contributed by atoms with Crippen molar-refractivity contribution < 1.29 is 9.50 Å². The van der Waals surface area contributed by atoms with Crippen molar-refractivity contribution in [3.8, 4) is 0 Å². The fourth-order valence-electron chi connectivity index (χ4n) is 0.988. The van der Waals surface area contributed by atoms with Gasteiger partial charge >= 0.3 is 0 Å². The minimum atomic E-state index is -1.01. The van der Waals surface area contributed by atoms with Crippen LogP contribution in [-0.4, -0.2) is 30.5 Å². The van der Waals surface area contributed by atoms with E-state index in [1.54, 1.807) is 0 Å². The van der Waals surface area contributed by atoms with E-state index in [9.17, 15) is 4.39 Å². The van der Waals surface area contributed by atoms with Gasteiger partial charge in [-0.15, -0.1) is 0 Å². The summed E-state index contributed by atoms with van der Waals surface area (Å²) in [6.07, 6.45) is -0.762. The van der Waals surface area contributed by atoms with Gasteiger partial charge in [-0.25, -0.2) is 4.39 Å². The molecule has 1 fully saturated rings. The lowest BCUT2D eigenvalue weighted by Gasteiger charge is -2.09. The largest absolute Gasteiger partial charge is 0.390 e. The number of hydrogen-bond donors (Lipinski definition) is 2. The van der Waals surface area contributed by atoms with Crippen molar-refractivity contribution in [3.05, 3.63) is 0 Å². The first-order valence-electron chi connectivity index (χ1n) is 3.33. The minimum Gasteiger partial charge on any atom is -0.390 e. The van der Waals surface area contributed by atoms with Crippen molar-refractivity contribution >= 4 is 0 Å². The fraction of sp³-hybridized carbons (Fsp3) is 1.00. The molecule has 0 unspecified atom stereocenters. The zero-order chi connectivity index (χ0) is 6.69. The Hall–Kier alpha value is -0.150. The van der Waals surface area contributed by atoms with Gasteiger partial charge in [-0.2, -0.15) is 0 Å². The Morgan fingerprint density at radius 1 is 1.33 bits per heavy atom. The molecule has 0 spiro atoms. The monoisotopic (exact) mass is 133 g/mol. The standard InChI is InChI=1S/C6H12FNO/c7-5-1-3-8-4-2-6(5)9/h5-6,8-9H,1-4H2/t5-,6+/m1/s1. The normalized spacial score (nSPS) is 38.0. The van der Waals surface area contributed by atoms with Gasteiger partial charge in [0.2, 0.25) is 0 Å². The molecule has 1 aliphatic heterocycles. The van der Waals surface area contributed by atoms with E-state index in [2.05, 4.69) is 5.32 Å². The van der Waals surface area contributed by atoms with Gasteiger partial charge in [0.15, 0.2) is 0 Å². The van der Waals surface area contributed by atoms with Crippen LogP contribution in [0.2, 0.25) is 0 Å². The Morgan fingerprint density at radius 2 is 2.00 bits per heavy atom. The van der Waals surface area contributed by atoms with Crippen LogP contribution in [0.25, 0.3) is 0 Å². The number of halogens is 1. The SMILES string of the molecule is O[C@H]1CCNCC[C@H]1F. The van der Waals surface area contributed by atoms with E-state index < -0.39 is 12.3 Å². The van der Waals surface area contributed by atoms with E-state index >= 15 is 0 Å². The van der Waals surface area contributed by atoms with Gasteiger partial charge < -0.3 is 10.4 Å². The van der Waals surface area contributed by atoms with Crippen LogP contribution in [-0.2, 0) is 0 Å². The maximum atomic E-state index is 12.5. The molecule has 1 aliphatic rings. The zero-order valence-electron chi connectivity index (χ0n) is 5.31. The molecule has 0 aromatic rings. The van der Waals surface area contributed by atoms with E-state index in [1.165, 1.54) is 0 Å². The van der Waals surface area contributed by atoms with Gasteiger partial charge in [-0.3, -0.25) is 0 Å². The van der Waals surface area contributed by atoms with Crippen molar-refractivity contribution in [3.63, 3.8) is 0 Å². The van der Waals surface area contributed by atoms with Crippen molar-refractivity contribution in [2.45, 2.75) is 25.1 Å². The van der Waals surface area contributed by atoms with Crippen molar-refractivity contribution in [1.82, 2.24) is 5.32 Å². The molecule has 1 rings (SSSR count). The number of nitrogens with one attached hydrogen (secondary N) is 1. The summed E-state index contributed by atoms with van der Waals surface area (Å²) in [6, 6.07) is 0. The molecule has 0 amide bonds. The number of alkyl halides is 1. The zero-order valence-corrected chi connectivity index (χ0v) is 5.31. The highest BCUT2D eigenvalue weighted by Gasteiger charge is 2.19. The second-order valence-electron chi connectivity index (χ2n) is 2.41. The van der Waals surface area contributed by atoms with Crippen molar-refractivity contribution in [1.29, 1.82) is 0 Å². The summed E-state index contributed by atoms with van der Waals surface area (Å²) < 4.78 is 12.5. The molecule has 3 heteroatoms. The first-order valence-corrected chi connectivity index (χ1v) is 3.33. The maximum Gasteiger partial charge on any atom is 0.127 e. The highest BCUT2D eigenvalue weighted by Crippen LogP contribution is 2.09. The molecule has 0 bridgehead atoms. The van der Waals surface area contributed by atoms with Gasteiger partial charge in [-0.05, 0) is 25.9 Å². The van der Waals surface area contributed by atoms with Crippen molar-refractivity contribution in [2.24, 2.45) is 0 Å². The summed E-state index contributed by atoms with van der Waals surface area (Å²) in [7, 11) is 0. The molecule has 1 heterocycles. The van der Waals surface area contributed by atoms with E-state index in [1.807, 2.05) is 0 Å². The first-order chi connectivity index (χ1) is 4.30. The lowest BCUT2D eigenvalue weighted by molar-refractivity contribution is 0.0758. The third-order valence-corrected chi connectivity index (χ3v) is 1.63. The van der Waals surface area contributed by atoms with E-state index in [-0.39, 0.29) is 0 Å². The second-order valence-corrected chi connectivity index (χ2v) is 2.41. The summed E-state index contributed by atoms with van der Waals surface area (Å²) in [5.41, 5.74) is 0. The highest BCUT2D eigenvalue weighted by molar-refractivity contribution is 4.73. The van der Waals surface area contributed by atoms with Crippen LogP contribution in [0.3, 0.4) is 0 Å². The average Bonchev–Trinajstić information content (AvgIpc) is 1.99. The molecule has 54 valence electrons. The Bertz CT molecular complexity index is 79.1. The Morgan fingerprint density at radius 3 is 2.78 bits per heavy atom. The van der Waals surface area contributed by atoms with Gasteiger partial charge in [-0.1, -0.05) is 0 Å². The number of hydrogen-bond acceptors (Lipinski definition) is 2. The Balaban J connectivity index is 2.32. The van der Waals surface area contributed by atoms with Gasteiger partial charge in [0.1, 0.15) is 6.17 Å². The highest BCUT2D eigenvalue weighted by atomic mass is 19.1. The molecule has 0 radical (unpaired) electrons. The maximum absolute atomic E-state index is 12.5. The van der Waals surface area contributed by atoms with E-state index in [0.29, 0.717) is 19.4 Å². The van der Waals surface area contributed by atoms with E-state index in [4.69, 9.17) is 5.11 Å². The minimum absolute atomic E-state index is 0.446. The summed E-state index contributed by atoms with van der Waals surface area (Å²) >= 11 is 0. The summed E-state index contributed by atoms with van der Waals surface area (Å²) in [6.45, 7) is 1.43. The molecule has 0 aromatic heterocycles. The second kappa shape index (κ2) is 3.13. The van der Waals surface area contributed by atoms with Crippen LogP contribution in [0.5, 0.6) is 0 Å². The van der Waals surface area contributed by atoms with Gasteiger partial charge in [0.25, 0.3) is 0 Å². The van der Waals surface area contributed by atoms with Gasteiger partial charge in [0, 0.05) is 0 Å². The van der Waals surface area contributed by atoms with Crippen LogP contribution in [0.4, 0.5) is 4.39 Å². The Labute approximate surface area is 54.1 Å². The first kappa shape index (κ1) is 6.96. The molecule has 0 aliphatic carbocycles. The molecular formula is C6H12FNO. The molecule has 0 aromatic carbocycles. The fourth-order valence-corrected chi connectivity index (χ4v) is 0.988.